The largest absolute Gasteiger partial charge is 0.507 e. The van der Waals surface area contributed by atoms with Gasteiger partial charge in [0.2, 0.25) is 5.91 Å². The quantitative estimate of drug-likeness (QED) is 0.239. The molecule has 0 unspecified atom stereocenters. The number of oxime groups is 1. The maximum absolute atomic E-state index is 12.8. The average molecular weight is 424 g/mol. The second-order valence-electron chi connectivity index (χ2n) is 6.83. The summed E-state index contributed by atoms with van der Waals surface area (Å²) in [4.78, 5) is 29.0. The number of benzene rings is 1. The van der Waals surface area contributed by atoms with Gasteiger partial charge in [0.1, 0.15) is 30.6 Å². The lowest BCUT2D eigenvalue weighted by molar-refractivity contribution is -0.115. The summed E-state index contributed by atoms with van der Waals surface area (Å²) in [5, 5.41) is 16.3. The first kappa shape index (κ1) is 22.0. The molecule has 0 aliphatic carbocycles. The first-order valence-corrected chi connectivity index (χ1v) is 9.80. The highest BCUT2D eigenvalue weighted by Gasteiger charge is 2.39. The Morgan fingerprint density at radius 2 is 2.26 bits per heavy atom. The maximum Gasteiger partial charge on any atom is 0.342 e. The van der Waals surface area contributed by atoms with Crippen molar-refractivity contribution in [3.05, 3.63) is 72.0 Å². The second kappa shape index (κ2) is 10.9. The van der Waals surface area contributed by atoms with Crippen molar-refractivity contribution in [2.45, 2.75) is 31.2 Å². The van der Waals surface area contributed by atoms with Crippen LogP contribution < -0.4 is 5.32 Å². The minimum atomic E-state index is -0.609. The van der Waals surface area contributed by atoms with Crippen molar-refractivity contribution in [2.24, 2.45) is 5.16 Å². The van der Waals surface area contributed by atoms with Gasteiger partial charge in [-0.25, -0.2) is 4.79 Å². The topological polar surface area (TPSA) is 110 Å². The van der Waals surface area contributed by atoms with E-state index >= 15 is 0 Å². The van der Waals surface area contributed by atoms with E-state index < -0.39 is 12.1 Å². The van der Waals surface area contributed by atoms with Gasteiger partial charge in [-0.2, -0.15) is 0 Å². The SMILES string of the molecule is CO/N=C\C=C/C(=O)N/C=C/C[C@H]1C[C@@H]2O[C@@H]2C=C/C=C/c2cccc(O)c2C(=O)O1. The number of aromatic hydroxyl groups is 1. The molecule has 0 bridgehead atoms. The van der Waals surface area contributed by atoms with Gasteiger partial charge in [0.15, 0.2) is 0 Å². The van der Waals surface area contributed by atoms with Gasteiger partial charge in [0.05, 0.1) is 12.3 Å². The van der Waals surface area contributed by atoms with Crippen LogP contribution in [0.1, 0.15) is 28.8 Å². The lowest BCUT2D eigenvalue weighted by atomic mass is 10.0. The van der Waals surface area contributed by atoms with E-state index in [-0.39, 0.29) is 29.4 Å². The molecule has 1 aromatic rings. The number of rotatable bonds is 6. The van der Waals surface area contributed by atoms with Gasteiger partial charge in [-0.1, -0.05) is 47.7 Å². The van der Waals surface area contributed by atoms with Gasteiger partial charge in [-0.3, -0.25) is 4.79 Å². The maximum atomic E-state index is 12.8. The van der Waals surface area contributed by atoms with E-state index in [4.69, 9.17) is 9.47 Å². The molecule has 8 heteroatoms. The zero-order chi connectivity index (χ0) is 22.1. The number of hydrogen-bond donors (Lipinski definition) is 2. The molecule has 0 saturated carbocycles. The molecule has 162 valence electrons. The van der Waals surface area contributed by atoms with Crippen LogP contribution in [0.3, 0.4) is 0 Å². The molecule has 3 rings (SSSR count). The van der Waals surface area contributed by atoms with Crippen LogP contribution in [0.5, 0.6) is 5.75 Å². The van der Waals surface area contributed by atoms with Crippen LogP contribution in [-0.4, -0.2) is 48.6 Å². The minimum absolute atomic E-state index is 0.0171. The molecular formula is C23H24N2O6. The van der Waals surface area contributed by atoms with Crippen molar-refractivity contribution in [3.8, 4) is 5.75 Å². The van der Waals surface area contributed by atoms with Crippen LogP contribution in [0.15, 0.2) is 66.0 Å². The number of allylic oxidation sites excluding steroid dienone is 3. The fraction of sp³-hybridized carbons (Fsp3) is 0.261. The highest BCUT2D eigenvalue weighted by molar-refractivity contribution is 5.96. The normalized spacial score (nSPS) is 24.2. The summed E-state index contributed by atoms with van der Waals surface area (Å²) in [5.41, 5.74) is 0.681. The summed E-state index contributed by atoms with van der Waals surface area (Å²) in [6, 6.07) is 4.85. The summed E-state index contributed by atoms with van der Waals surface area (Å²) in [6.45, 7) is 0. The van der Waals surface area contributed by atoms with E-state index in [0.717, 1.165) is 0 Å². The summed E-state index contributed by atoms with van der Waals surface area (Å²) in [7, 11) is 1.41. The minimum Gasteiger partial charge on any atom is -0.507 e. The summed E-state index contributed by atoms with van der Waals surface area (Å²) in [6.07, 6.45) is 14.9. The van der Waals surface area contributed by atoms with E-state index in [9.17, 15) is 14.7 Å². The third kappa shape index (κ3) is 6.68. The van der Waals surface area contributed by atoms with E-state index in [1.54, 1.807) is 30.4 Å². The molecule has 0 radical (unpaired) electrons. The summed E-state index contributed by atoms with van der Waals surface area (Å²) >= 11 is 0. The van der Waals surface area contributed by atoms with E-state index in [1.807, 2.05) is 12.2 Å². The number of hydrogen-bond acceptors (Lipinski definition) is 7. The van der Waals surface area contributed by atoms with E-state index in [0.29, 0.717) is 18.4 Å². The lowest BCUT2D eigenvalue weighted by Crippen LogP contribution is -2.21. The fourth-order valence-electron chi connectivity index (χ4n) is 3.06. The van der Waals surface area contributed by atoms with E-state index in [1.165, 1.54) is 37.7 Å². The third-order valence-electron chi connectivity index (χ3n) is 4.60. The molecule has 2 aliphatic rings. The number of phenolic OH excluding ortho intramolecular Hbond substituents is 1. The smallest absolute Gasteiger partial charge is 0.342 e. The van der Waals surface area contributed by atoms with Gasteiger partial charge >= 0.3 is 5.97 Å². The number of nitrogens with zero attached hydrogens (tertiary/aromatic N) is 1. The molecule has 0 aromatic heterocycles. The lowest BCUT2D eigenvalue weighted by Gasteiger charge is -2.17. The molecule has 3 atom stereocenters. The number of nitrogens with one attached hydrogen (secondary N) is 1. The Bertz CT molecular complexity index is 947. The Kier molecular flexibility index (Phi) is 7.78. The predicted octanol–water partition coefficient (Wildman–Crippen LogP) is 2.87. The van der Waals surface area contributed by atoms with Crippen molar-refractivity contribution in [3.63, 3.8) is 0 Å². The number of fused-ring (bicyclic) bond motifs is 2. The van der Waals surface area contributed by atoms with Gasteiger partial charge in [-0.05, 0) is 17.7 Å². The highest BCUT2D eigenvalue weighted by Crippen LogP contribution is 2.31. The number of epoxide rings is 1. The van der Waals surface area contributed by atoms with Gasteiger partial charge in [0.25, 0.3) is 0 Å². The molecule has 1 aromatic carbocycles. The van der Waals surface area contributed by atoms with Crippen LogP contribution in [0.4, 0.5) is 0 Å². The first-order chi connectivity index (χ1) is 15.1. The number of esters is 1. The Labute approximate surface area is 180 Å². The van der Waals surface area contributed by atoms with Gasteiger partial charge in [0, 0.05) is 25.1 Å². The number of amides is 1. The Balaban J connectivity index is 1.66. The molecule has 2 N–H and O–H groups in total. The fourth-order valence-corrected chi connectivity index (χ4v) is 3.06. The monoisotopic (exact) mass is 424 g/mol. The van der Waals surface area contributed by atoms with Crippen LogP contribution in [0.2, 0.25) is 0 Å². The Morgan fingerprint density at radius 3 is 3.10 bits per heavy atom. The molecule has 1 fully saturated rings. The molecular weight excluding hydrogens is 400 g/mol. The van der Waals surface area contributed by atoms with Gasteiger partial charge in [-0.15, -0.1) is 0 Å². The summed E-state index contributed by atoms with van der Waals surface area (Å²) in [5.74, 6) is -1.09. The van der Waals surface area contributed by atoms with Crippen LogP contribution in [-0.2, 0) is 19.1 Å². The molecule has 2 aliphatic heterocycles. The summed E-state index contributed by atoms with van der Waals surface area (Å²) < 4.78 is 11.3. The number of ether oxygens (including phenoxy) is 2. The Hall–Kier alpha value is -3.65. The predicted molar refractivity (Wildman–Crippen MR) is 115 cm³/mol. The van der Waals surface area contributed by atoms with Crippen LogP contribution >= 0.6 is 0 Å². The molecule has 31 heavy (non-hydrogen) atoms. The zero-order valence-corrected chi connectivity index (χ0v) is 17.0. The van der Waals surface area contributed by atoms with Crippen molar-refractivity contribution in [1.29, 1.82) is 0 Å². The van der Waals surface area contributed by atoms with Crippen molar-refractivity contribution < 1.29 is 29.0 Å². The molecule has 1 amide bonds. The van der Waals surface area contributed by atoms with Crippen LogP contribution in [0.25, 0.3) is 6.08 Å². The number of phenols is 1. The van der Waals surface area contributed by atoms with Crippen molar-refractivity contribution >= 4 is 24.2 Å². The second-order valence-corrected chi connectivity index (χ2v) is 6.83. The third-order valence-corrected chi connectivity index (χ3v) is 4.60. The zero-order valence-electron chi connectivity index (χ0n) is 17.0. The highest BCUT2D eigenvalue weighted by atomic mass is 16.6. The van der Waals surface area contributed by atoms with Crippen molar-refractivity contribution in [2.75, 3.05) is 7.11 Å². The molecule has 8 nitrogen and oxygen atoms in total. The Morgan fingerprint density at radius 1 is 1.39 bits per heavy atom. The van der Waals surface area contributed by atoms with Crippen molar-refractivity contribution in [1.82, 2.24) is 5.32 Å². The standard InChI is InChI=1S/C23H24N2O6/c1-29-25-14-6-12-21(27)24-13-5-9-17-15-20-19(31-20)11-3-2-7-16-8-4-10-18(26)22(16)23(28)30-17/h2-8,10-14,17,19-20,26H,9,15H2,1H3,(H,24,27)/b7-2+,11-3?,12-6-,13-5+,25-14-/t17-,19+,20-/m0/s1. The first-order valence-electron chi connectivity index (χ1n) is 9.80. The molecule has 0 spiro atoms. The average Bonchev–Trinajstić information content (AvgIpc) is 3.48. The van der Waals surface area contributed by atoms with Gasteiger partial charge < -0.3 is 24.7 Å². The number of carbonyl (C=O) groups is 2. The number of cyclic esters (lactones) is 1. The molecule has 1 saturated heterocycles. The van der Waals surface area contributed by atoms with E-state index in [2.05, 4.69) is 15.3 Å². The molecule has 2 heterocycles. The van der Waals surface area contributed by atoms with Crippen LogP contribution in [0, 0.1) is 0 Å². The number of carbonyl (C=O) groups excluding carboxylic acids is 2.